The number of imide groups is 1. The lowest BCUT2D eigenvalue weighted by atomic mass is 10.1. The van der Waals surface area contributed by atoms with Crippen LogP contribution in [0.5, 0.6) is 0 Å². The summed E-state index contributed by atoms with van der Waals surface area (Å²) in [6.07, 6.45) is 0.939. The maximum absolute atomic E-state index is 11.8. The summed E-state index contributed by atoms with van der Waals surface area (Å²) in [7, 11) is 0. The van der Waals surface area contributed by atoms with Crippen LogP contribution in [-0.2, 0) is 11.2 Å². The first-order chi connectivity index (χ1) is 9.06. The van der Waals surface area contributed by atoms with Crippen LogP contribution in [0, 0.1) is 0 Å². The zero-order valence-corrected chi connectivity index (χ0v) is 11.6. The normalized spacial score (nSPS) is 11.5. The summed E-state index contributed by atoms with van der Waals surface area (Å²) in [5.74, 6) is -0.354. The van der Waals surface area contributed by atoms with Gasteiger partial charge in [-0.25, -0.2) is 4.79 Å². The van der Waals surface area contributed by atoms with E-state index in [1.165, 1.54) is 5.56 Å². The molecule has 0 aromatic heterocycles. The van der Waals surface area contributed by atoms with Crippen LogP contribution in [-0.4, -0.2) is 24.5 Å². The van der Waals surface area contributed by atoms with E-state index in [0.717, 1.165) is 12.1 Å². The standard InChI is InChI=1S/C14H21N3O2/c1-4-11-7-6-8-12(9-11)16-10(3)13(18)17-14(19)15-5-2/h6-10,16H,4-5H2,1-3H3,(H2,15,17,18,19)/t10-/m0/s1. The van der Waals surface area contributed by atoms with Gasteiger partial charge in [0.25, 0.3) is 0 Å². The van der Waals surface area contributed by atoms with E-state index in [1.54, 1.807) is 13.8 Å². The second kappa shape index (κ2) is 7.41. The molecule has 0 aliphatic rings. The molecule has 0 aliphatic carbocycles. The second-order valence-electron chi connectivity index (χ2n) is 4.27. The molecule has 0 fully saturated rings. The Bertz CT molecular complexity index is 446. The Hall–Kier alpha value is -2.04. The van der Waals surface area contributed by atoms with Crippen molar-refractivity contribution in [2.75, 3.05) is 11.9 Å². The smallest absolute Gasteiger partial charge is 0.321 e. The minimum Gasteiger partial charge on any atom is -0.374 e. The molecule has 1 aromatic carbocycles. The monoisotopic (exact) mass is 263 g/mol. The topological polar surface area (TPSA) is 70.2 Å². The number of benzene rings is 1. The van der Waals surface area contributed by atoms with Gasteiger partial charge in [0, 0.05) is 12.2 Å². The summed E-state index contributed by atoms with van der Waals surface area (Å²) in [5, 5.41) is 7.86. The number of nitrogens with one attached hydrogen (secondary N) is 3. The van der Waals surface area contributed by atoms with Gasteiger partial charge >= 0.3 is 6.03 Å². The lowest BCUT2D eigenvalue weighted by Crippen LogP contribution is -2.45. The average molecular weight is 263 g/mol. The Morgan fingerprint density at radius 1 is 1.26 bits per heavy atom. The van der Waals surface area contributed by atoms with Crippen LogP contribution in [0.3, 0.4) is 0 Å². The molecule has 0 radical (unpaired) electrons. The van der Waals surface area contributed by atoms with E-state index in [0.29, 0.717) is 6.54 Å². The van der Waals surface area contributed by atoms with Gasteiger partial charge in [0.2, 0.25) is 5.91 Å². The SMILES string of the molecule is CCNC(=O)NC(=O)[C@H](C)Nc1cccc(CC)c1. The van der Waals surface area contributed by atoms with Crippen LogP contribution in [0.2, 0.25) is 0 Å². The van der Waals surface area contributed by atoms with Crippen LogP contribution in [0.1, 0.15) is 26.3 Å². The molecule has 1 rings (SSSR count). The molecular formula is C14H21N3O2. The number of carbonyl (C=O) groups excluding carboxylic acids is 2. The van der Waals surface area contributed by atoms with E-state index >= 15 is 0 Å². The molecular weight excluding hydrogens is 242 g/mol. The molecule has 0 bridgehead atoms. The first kappa shape index (κ1) is 15.0. The predicted molar refractivity (Wildman–Crippen MR) is 76.1 cm³/mol. The molecule has 0 saturated heterocycles. The third-order valence-corrected chi connectivity index (χ3v) is 2.69. The Morgan fingerprint density at radius 2 is 2.00 bits per heavy atom. The van der Waals surface area contributed by atoms with Gasteiger partial charge in [-0.1, -0.05) is 19.1 Å². The van der Waals surface area contributed by atoms with E-state index in [4.69, 9.17) is 0 Å². The van der Waals surface area contributed by atoms with Crippen LogP contribution >= 0.6 is 0 Å². The van der Waals surface area contributed by atoms with Gasteiger partial charge in [0.05, 0.1) is 0 Å². The maximum atomic E-state index is 11.8. The molecule has 3 N–H and O–H groups in total. The fraction of sp³-hybridized carbons (Fsp3) is 0.429. The zero-order valence-electron chi connectivity index (χ0n) is 11.6. The van der Waals surface area contributed by atoms with E-state index in [2.05, 4.69) is 22.9 Å². The maximum Gasteiger partial charge on any atom is 0.321 e. The minimum atomic E-state index is -0.477. The number of aryl methyl sites for hydroxylation is 1. The highest BCUT2D eigenvalue weighted by atomic mass is 16.2. The van der Waals surface area contributed by atoms with E-state index in [-0.39, 0.29) is 5.91 Å². The molecule has 0 aliphatic heterocycles. The quantitative estimate of drug-likeness (QED) is 0.760. The lowest BCUT2D eigenvalue weighted by molar-refractivity contribution is -0.120. The number of amides is 3. The van der Waals surface area contributed by atoms with Crippen LogP contribution in [0.4, 0.5) is 10.5 Å². The van der Waals surface area contributed by atoms with Crippen molar-refractivity contribution in [1.29, 1.82) is 0 Å². The average Bonchev–Trinajstić information content (AvgIpc) is 2.39. The number of hydrogen-bond donors (Lipinski definition) is 3. The van der Waals surface area contributed by atoms with Crippen LogP contribution in [0.25, 0.3) is 0 Å². The molecule has 0 spiro atoms. The van der Waals surface area contributed by atoms with Crippen molar-refractivity contribution in [3.8, 4) is 0 Å². The number of carbonyl (C=O) groups is 2. The number of urea groups is 1. The molecule has 3 amide bonds. The van der Waals surface area contributed by atoms with Gasteiger partial charge in [-0.05, 0) is 38.0 Å². The van der Waals surface area contributed by atoms with Crippen molar-refractivity contribution in [2.24, 2.45) is 0 Å². The Labute approximate surface area is 113 Å². The number of hydrogen-bond acceptors (Lipinski definition) is 3. The Kier molecular flexibility index (Phi) is 5.85. The predicted octanol–water partition coefficient (Wildman–Crippen LogP) is 1.90. The molecule has 1 aromatic rings. The van der Waals surface area contributed by atoms with Gasteiger partial charge in [-0.3, -0.25) is 10.1 Å². The summed E-state index contributed by atoms with van der Waals surface area (Å²) < 4.78 is 0. The highest BCUT2D eigenvalue weighted by Gasteiger charge is 2.15. The summed E-state index contributed by atoms with van der Waals surface area (Å²) in [6.45, 7) is 6.07. The van der Waals surface area contributed by atoms with Crippen molar-refractivity contribution in [3.63, 3.8) is 0 Å². The van der Waals surface area contributed by atoms with Gasteiger partial charge < -0.3 is 10.6 Å². The first-order valence-electron chi connectivity index (χ1n) is 6.51. The molecule has 0 heterocycles. The van der Waals surface area contributed by atoms with Gasteiger partial charge in [-0.2, -0.15) is 0 Å². The van der Waals surface area contributed by atoms with Crippen LogP contribution < -0.4 is 16.0 Å². The molecule has 19 heavy (non-hydrogen) atoms. The fourth-order valence-electron chi connectivity index (χ4n) is 1.62. The third kappa shape index (κ3) is 4.99. The molecule has 1 atom stereocenters. The van der Waals surface area contributed by atoms with E-state index < -0.39 is 12.1 Å². The summed E-state index contributed by atoms with van der Waals surface area (Å²) >= 11 is 0. The van der Waals surface area contributed by atoms with Crippen molar-refractivity contribution >= 4 is 17.6 Å². The molecule has 0 saturated carbocycles. The largest absolute Gasteiger partial charge is 0.374 e. The fourth-order valence-corrected chi connectivity index (χ4v) is 1.62. The molecule has 5 heteroatoms. The number of rotatable bonds is 5. The van der Waals surface area contributed by atoms with Gasteiger partial charge in [-0.15, -0.1) is 0 Å². The van der Waals surface area contributed by atoms with E-state index in [9.17, 15) is 9.59 Å². The van der Waals surface area contributed by atoms with Crippen molar-refractivity contribution in [1.82, 2.24) is 10.6 Å². The molecule has 0 unspecified atom stereocenters. The van der Waals surface area contributed by atoms with Crippen molar-refractivity contribution in [2.45, 2.75) is 33.2 Å². The van der Waals surface area contributed by atoms with Crippen molar-refractivity contribution in [3.05, 3.63) is 29.8 Å². The highest BCUT2D eigenvalue weighted by molar-refractivity contribution is 5.97. The highest BCUT2D eigenvalue weighted by Crippen LogP contribution is 2.12. The first-order valence-corrected chi connectivity index (χ1v) is 6.51. The molecule has 5 nitrogen and oxygen atoms in total. The minimum absolute atomic E-state index is 0.354. The third-order valence-electron chi connectivity index (χ3n) is 2.69. The van der Waals surface area contributed by atoms with Gasteiger partial charge in [0.15, 0.2) is 0 Å². The zero-order chi connectivity index (χ0) is 14.3. The summed E-state index contributed by atoms with van der Waals surface area (Å²) in [5.41, 5.74) is 2.07. The summed E-state index contributed by atoms with van der Waals surface area (Å²) in [4.78, 5) is 23.0. The lowest BCUT2D eigenvalue weighted by Gasteiger charge is -2.15. The molecule has 104 valence electrons. The Balaban J connectivity index is 2.55. The Morgan fingerprint density at radius 3 is 2.63 bits per heavy atom. The van der Waals surface area contributed by atoms with Crippen molar-refractivity contribution < 1.29 is 9.59 Å². The van der Waals surface area contributed by atoms with E-state index in [1.807, 2.05) is 24.3 Å². The van der Waals surface area contributed by atoms with Gasteiger partial charge in [0.1, 0.15) is 6.04 Å². The van der Waals surface area contributed by atoms with Crippen LogP contribution in [0.15, 0.2) is 24.3 Å². The summed E-state index contributed by atoms with van der Waals surface area (Å²) in [6, 6.07) is 6.92. The number of anilines is 1. The second-order valence-corrected chi connectivity index (χ2v) is 4.27.